The first kappa shape index (κ1) is 24.4. The van der Waals surface area contributed by atoms with E-state index >= 15 is 0 Å². The Labute approximate surface area is 205 Å². The number of nitrogens with zero attached hydrogens (tertiary/aromatic N) is 2. The van der Waals surface area contributed by atoms with Gasteiger partial charge in [-0.1, -0.05) is 29.8 Å². The third kappa shape index (κ3) is 4.90. The van der Waals surface area contributed by atoms with Crippen LogP contribution in [0.4, 0.5) is 0 Å². The van der Waals surface area contributed by atoms with Crippen molar-refractivity contribution in [1.82, 2.24) is 14.9 Å². The molecular formula is C27H36BrN3O2. The van der Waals surface area contributed by atoms with Crippen LogP contribution < -0.4 is 5.32 Å². The van der Waals surface area contributed by atoms with E-state index in [-0.39, 0.29) is 18.1 Å². The second-order valence-electron chi connectivity index (χ2n) is 10.1. The van der Waals surface area contributed by atoms with Crippen LogP contribution in [-0.2, 0) is 24.1 Å². The molecule has 33 heavy (non-hydrogen) atoms. The van der Waals surface area contributed by atoms with Crippen LogP contribution in [0.2, 0.25) is 0 Å². The maximum Gasteiger partial charge on any atom is 0.0969 e. The number of rotatable bonds is 9. The number of aliphatic hydroxyl groups is 1. The Hall–Kier alpha value is -1.73. The molecule has 1 fully saturated rings. The summed E-state index contributed by atoms with van der Waals surface area (Å²) in [6.07, 6.45) is 3.72. The fourth-order valence-corrected chi connectivity index (χ4v) is 5.19. The Morgan fingerprint density at radius 3 is 2.67 bits per heavy atom. The molecule has 1 unspecified atom stereocenters. The normalized spacial score (nSPS) is 15.7. The number of benzene rings is 1. The number of aryl methyl sites for hydroxylation is 1. The molecule has 0 spiro atoms. The molecular weight excluding hydrogens is 478 g/mol. The highest BCUT2D eigenvalue weighted by molar-refractivity contribution is 9.10. The number of aromatic nitrogens is 2. The van der Waals surface area contributed by atoms with E-state index in [1.807, 2.05) is 6.20 Å². The molecule has 1 aliphatic heterocycles. The largest absolute Gasteiger partial charge is 0.396 e. The Kier molecular flexibility index (Phi) is 7.29. The summed E-state index contributed by atoms with van der Waals surface area (Å²) in [7, 11) is 1.74. The first-order valence-electron chi connectivity index (χ1n) is 11.9. The van der Waals surface area contributed by atoms with Crippen molar-refractivity contribution >= 4 is 26.8 Å². The topological polar surface area (TPSA) is 59.3 Å². The fourth-order valence-electron chi connectivity index (χ4n) is 4.83. The van der Waals surface area contributed by atoms with E-state index in [1.54, 1.807) is 7.11 Å². The van der Waals surface area contributed by atoms with Crippen molar-refractivity contribution in [2.45, 2.75) is 53.2 Å². The number of hydrogen-bond donors (Lipinski definition) is 2. The van der Waals surface area contributed by atoms with Crippen molar-refractivity contribution in [3.63, 3.8) is 0 Å². The first-order chi connectivity index (χ1) is 15.8. The van der Waals surface area contributed by atoms with E-state index in [9.17, 15) is 5.11 Å². The zero-order valence-electron chi connectivity index (χ0n) is 20.4. The minimum Gasteiger partial charge on any atom is -0.396 e. The van der Waals surface area contributed by atoms with Gasteiger partial charge in [-0.15, -0.1) is 0 Å². The van der Waals surface area contributed by atoms with Gasteiger partial charge in [-0.05, 0) is 86.5 Å². The van der Waals surface area contributed by atoms with Crippen molar-refractivity contribution in [3.8, 4) is 11.3 Å². The molecule has 5 nitrogen and oxygen atoms in total. The summed E-state index contributed by atoms with van der Waals surface area (Å²) in [6.45, 7) is 11.6. The van der Waals surface area contributed by atoms with Crippen molar-refractivity contribution in [3.05, 3.63) is 51.8 Å². The van der Waals surface area contributed by atoms with Crippen LogP contribution in [-0.4, -0.2) is 41.5 Å². The Morgan fingerprint density at radius 1 is 1.30 bits per heavy atom. The fraction of sp³-hybridized carbons (Fsp3) is 0.519. The molecule has 0 amide bonds. The van der Waals surface area contributed by atoms with Gasteiger partial charge in [0.1, 0.15) is 0 Å². The molecule has 1 saturated heterocycles. The van der Waals surface area contributed by atoms with Gasteiger partial charge in [0.15, 0.2) is 0 Å². The molecule has 1 atom stereocenters. The standard InChI is InChI=1S/C27H36BrN3O2/c1-6-31-24-8-7-20(28)11-21(24)23(12-27(3,4)16-32)26(31)22-10-18(9-19-13-29-14-19)15-30-25(22)17(2)33-5/h7-8,10-11,15,17,19,29,32H,6,9,12-14,16H2,1-5H3. The van der Waals surface area contributed by atoms with E-state index in [2.05, 4.69) is 77.8 Å². The van der Waals surface area contributed by atoms with Crippen LogP contribution in [0.25, 0.3) is 22.2 Å². The lowest BCUT2D eigenvalue weighted by Gasteiger charge is -2.28. The van der Waals surface area contributed by atoms with Gasteiger partial charge in [-0.2, -0.15) is 0 Å². The predicted molar refractivity (Wildman–Crippen MR) is 139 cm³/mol. The molecule has 1 aliphatic rings. The molecule has 2 N–H and O–H groups in total. The number of nitrogens with one attached hydrogen (secondary N) is 1. The van der Waals surface area contributed by atoms with Crippen molar-refractivity contribution < 1.29 is 9.84 Å². The van der Waals surface area contributed by atoms with Gasteiger partial charge in [0.25, 0.3) is 0 Å². The molecule has 178 valence electrons. The molecule has 3 heterocycles. The average molecular weight is 515 g/mol. The quantitative estimate of drug-likeness (QED) is 0.395. The first-order valence-corrected chi connectivity index (χ1v) is 12.7. The molecule has 6 heteroatoms. The van der Waals surface area contributed by atoms with Crippen LogP contribution in [0.5, 0.6) is 0 Å². The van der Waals surface area contributed by atoms with Gasteiger partial charge >= 0.3 is 0 Å². The van der Waals surface area contributed by atoms with E-state index in [4.69, 9.17) is 9.72 Å². The van der Waals surface area contributed by atoms with Crippen molar-refractivity contribution in [2.75, 3.05) is 26.8 Å². The zero-order valence-corrected chi connectivity index (χ0v) is 22.0. The number of hydrogen-bond acceptors (Lipinski definition) is 4. The number of pyridine rings is 1. The van der Waals surface area contributed by atoms with Crippen LogP contribution in [0, 0.1) is 11.3 Å². The monoisotopic (exact) mass is 513 g/mol. The summed E-state index contributed by atoms with van der Waals surface area (Å²) in [6, 6.07) is 8.85. The van der Waals surface area contributed by atoms with Gasteiger partial charge in [0.05, 0.1) is 17.5 Å². The smallest absolute Gasteiger partial charge is 0.0969 e. The lowest BCUT2D eigenvalue weighted by molar-refractivity contribution is 0.116. The molecule has 1 aromatic carbocycles. The van der Waals surface area contributed by atoms with Gasteiger partial charge in [-0.3, -0.25) is 4.98 Å². The Morgan fingerprint density at radius 2 is 2.06 bits per heavy atom. The number of halogens is 1. The molecule has 4 rings (SSSR count). The number of aliphatic hydroxyl groups excluding tert-OH is 1. The summed E-state index contributed by atoms with van der Waals surface area (Å²) < 4.78 is 9.22. The van der Waals surface area contributed by atoms with E-state index in [0.717, 1.165) is 48.2 Å². The molecule has 2 aromatic heterocycles. The highest BCUT2D eigenvalue weighted by atomic mass is 79.9. The van der Waals surface area contributed by atoms with Gasteiger partial charge in [0, 0.05) is 47.4 Å². The number of fused-ring (bicyclic) bond motifs is 1. The molecule has 3 aromatic rings. The van der Waals surface area contributed by atoms with Crippen LogP contribution >= 0.6 is 15.9 Å². The third-order valence-electron chi connectivity index (χ3n) is 6.89. The Balaban J connectivity index is 1.99. The van der Waals surface area contributed by atoms with E-state index in [1.165, 1.54) is 27.7 Å². The lowest BCUT2D eigenvalue weighted by Crippen LogP contribution is -2.43. The third-order valence-corrected chi connectivity index (χ3v) is 7.38. The molecule has 0 radical (unpaired) electrons. The van der Waals surface area contributed by atoms with E-state index < -0.39 is 0 Å². The number of ether oxygens (including phenoxy) is 1. The van der Waals surface area contributed by atoms with Crippen LogP contribution in [0.3, 0.4) is 0 Å². The van der Waals surface area contributed by atoms with Crippen molar-refractivity contribution in [2.24, 2.45) is 11.3 Å². The van der Waals surface area contributed by atoms with E-state index in [0.29, 0.717) is 5.92 Å². The maximum atomic E-state index is 10.1. The molecule has 0 bridgehead atoms. The highest BCUT2D eigenvalue weighted by Gasteiger charge is 2.28. The van der Waals surface area contributed by atoms with Crippen LogP contribution in [0.15, 0.2) is 34.9 Å². The Bertz CT molecular complexity index is 1130. The highest BCUT2D eigenvalue weighted by Crippen LogP contribution is 2.41. The second kappa shape index (κ2) is 9.87. The minimum atomic E-state index is -0.237. The molecule has 0 saturated carbocycles. The summed E-state index contributed by atoms with van der Waals surface area (Å²) in [5, 5.41) is 14.7. The summed E-state index contributed by atoms with van der Waals surface area (Å²) in [5.41, 5.74) is 6.82. The second-order valence-corrected chi connectivity index (χ2v) is 11.0. The van der Waals surface area contributed by atoms with Gasteiger partial charge in [-0.25, -0.2) is 0 Å². The average Bonchev–Trinajstić information content (AvgIpc) is 3.07. The van der Waals surface area contributed by atoms with Gasteiger partial charge < -0.3 is 19.7 Å². The SMILES string of the molecule is CCn1c(-c2cc(CC3CNC3)cnc2C(C)OC)c(CC(C)(C)CO)c2cc(Br)ccc21. The molecule has 0 aliphatic carbocycles. The summed E-state index contributed by atoms with van der Waals surface area (Å²) in [4.78, 5) is 4.94. The summed E-state index contributed by atoms with van der Waals surface area (Å²) in [5.74, 6) is 0.672. The van der Waals surface area contributed by atoms with Crippen molar-refractivity contribution in [1.29, 1.82) is 0 Å². The summed E-state index contributed by atoms with van der Waals surface area (Å²) >= 11 is 3.68. The lowest BCUT2D eigenvalue weighted by atomic mass is 9.84. The minimum absolute atomic E-state index is 0.117. The zero-order chi connectivity index (χ0) is 23.8. The predicted octanol–water partition coefficient (Wildman–Crippen LogP) is 5.52. The maximum absolute atomic E-state index is 10.1. The number of methoxy groups -OCH3 is 1. The van der Waals surface area contributed by atoms with Gasteiger partial charge in [0.2, 0.25) is 0 Å². The van der Waals surface area contributed by atoms with Crippen LogP contribution in [0.1, 0.15) is 50.6 Å².